The normalized spacial score (nSPS) is 16.3. The van der Waals surface area contributed by atoms with Crippen molar-refractivity contribution >= 4 is 41.8 Å². The zero-order valence-corrected chi connectivity index (χ0v) is 18.6. The first-order valence-electron chi connectivity index (χ1n) is 10.3. The minimum absolute atomic E-state index is 0.0293. The molecule has 2 aromatic carbocycles. The Kier molecular flexibility index (Phi) is 7.45. The van der Waals surface area contributed by atoms with Crippen molar-refractivity contribution < 1.29 is 24.2 Å². The first kappa shape index (κ1) is 23.5. The SMILES string of the molecule is COc1cc(C=O)c(/N=C\C2CC(c3ccc(NC(=O)C(C)NC=O)cc3)=CN2C)cc1O. The number of anilines is 1. The van der Waals surface area contributed by atoms with E-state index >= 15 is 0 Å². The summed E-state index contributed by atoms with van der Waals surface area (Å²) in [6.07, 6.45) is 5.63. The molecule has 0 aromatic heterocycles. The van der Waals surface area contributed by atoms with E-state index in [4.69, 9.17) is 4.74 Å². The number of hydrogen-bond donors (Lipinski definition) is 3. The van der Waals surface area contributed by atoms with E-state index in [-0.39, 0.29) is 23.4 Å². The summed E-state index contributed by atoms with van der Waals surface area (Å²) in [4.78, 5) is 40.3. The molecule has 1 aliphatic heterocycles. The average molecular weight is 450 g/mol. The number of ether oxygens (including phenoxy) is 1. The van der Waals surface area contributed by atoms with E-state index in [1.165, 1.54) is 19.2 Å². The number of aliphatic imine (C=N–C) groups is 1. The fourth-order valence-corrected chi connectivity index (χ4v) is 3.42. The first-order valence-corrected chi connectivity index (χ1v) is 10.3. The van der Waals surface area contributed by atoms with Crippen LogP contribution < -0.4 is 15.4 Å². The molecule has 2 atom stereocenters. The van der Waals surface area contributed by atoms with Crippen LogP contribution in [0.4, 0.5) is 11.4 Å². The van der Waals surface area contributed by atoms with Gasteiger partial charge in [-0.1, -0.05) is 12.1 Å². The standard InChI is InChI=1S/C24H26N4O5/c1-15(26-14-30)24(32)27-19-6-4-16(5-7-19)17-8-20(28(2)12-17)11-25-21-10-22(31)23(33-3)9-18(21)13-29/h4-7,9-15,20,31H,8H2,1-3H3,(H,26,30)(H,27,32)/b25-11-. The molecule has 1 aliphatic rings. The fourth-order valence-electron chi connectivity index (χ4n) is 3.42. The van der Waals surface area contributed by atoms with Crippen molar-refractivity contribution in [1.29, 1.82) is 0 Å². The fraction of sp³-hybridized carbons (Fsp3) is 0.250. The lowest BCUT2D eigenvalue weighted by molar-refractivity contribution is -0.120. The Morgan fingerprint density at radius 1 is 1.27 bits per heavy atom. The van der Waals surface area contributed by atoms with Crippen LogP contribution in [-0.2, 0) is 9.59 Å². The molecule has 33 heavy (non-hydrogen) atoms. The number of phenols is 1. The number of carbonyl (C=O) groups excluding carboxylic acids is 3. The molecule has 9 heteroatoms. The molecule has 9 nitrogen and oxygen atoms in total. The zero-order valence-electron chi connectivity index (χ0n) is 18.6. The van der Waals surface area contributed by atoms with Crippen LogP contribution >= 0.6 is 0 Å². The first-order chi connectivity index (χ1) is 15.9. The van der Waals surface area contributed by atoms with Gasteiger partial charge in [0.25, 0.3) is 0 Å². The van der Waals surface area contributed by atoms with Crippen LogP contribution in [0, 0.1) is 0 Å². The van der Waals surface area contributed by atoms with Crippen LogP contribution in [0.1, 0.15) is 29.3 Å². The van der Waals surface area contributed by atoms with Crippen LogP contribution in [-0.4, -0.2) is 61.1 Å². The highest BCUT2D eigenvalue weighted by Gasteiger charge is 2.21. The molecule has 2 amide bonds. The summed E-state index contributed by atoms with van der Waals surface area (Å²) in [5.41, 5.74) is 3.42. The molecular weight excluding hydrogens is 424 g/mol. The summed E-state index contributed by atoms with van der Waals surface area (Å²) in [7, 11) is 3.35. The number of benzene rings is 2. The lowest BCUT2D eigenvalue weighted by Gasteiger charge is -2.16. The van der Waals surface area contributed by atoms with E-state index in [1.807, 2.05) is 30.3 Å². The van der Waals surface area contributed by atoms with Gasteiger partial charge in [-0.3, -0.25) is 19.4 Å². The van der Waals surface area contributed by atoms with Gasteiger partial charge in [-0.25, -0.2) is 0 Å². The van der Waals surface area contributed by atoms with Crippen molar-refractivity contribution in [2.24, 2.45) is 4.99 Å². The smallest absolute Gasteiger partial charge is 0.246 e. The number of carbonyl (C=O) groups is 3. The van der Waals surface area contributed by atoms with E-state index in [0.29, 0.717) is 36.1 Å². The van der Waals surface area contributed by atoms with Gasteiger partial charge in [0.2, 0.25) is 12.3 Å². The lowest BCUT2D eigenvalue weighted by Crippen LogP contribution is -2.37. The minimum Gasteiger partial charge on any atom is -0.504 e. The zero-order chi connectivity index (χ0) is 24.0. The number of rotatable bonds is 9. The predicted molar refractivity (Wildman–Crippen MR) is 126 cm³/mol. The third-order valence-electron chi connectivity index (χ3n) is 5.39. The van der Waals surface area contributed by atoms with Gasteiger partial charge in [0.1, 0.15) is 6.04 Å². The van der Waals surface area contributed by atoms with Gasteiger partial charge in [0.05, 0.1) is 18.8 Å². The highest BCUT2D eigenvalue weighted by atomic mass is 16.5. The van der Waals surface area contributed by atoms with Crippen LogP contribution in [0.15, 0.2) is 47.6 Å². The van der Waals surface area contributed by atoms with Gasteiger partial charge in [-0.05, 0) is 42.7 Å². The summed E-state index contributed by atoms with van der Waals surface area (Å²) in [6.45, 7) is 1.60. The number of nitrogens with one attached hydrogen (secondary N) is 2. The molecule has 0 spiro atoms. The highest BCUT2D eigenvalue weighted by molar-refractivity contribution is 5.95. The quantitative estimate of drug-likeness (QED) is 0.399. The van der Waals surface area contributed by atoms with Crippen molar-refractivity contribution in [2.45, 2.75) is 25.4 Å². The van der Waals surface area contributed by atoms with E-state index < -0.39 is 6.04 Å². The Bertz CT molecular complexity index is 1090. The molecule has 0 bridgehead atoms. The van der Waals surface area contributed by atoms with Gasteiger partial charge in [0.15, 0.2) is 17.8 Å². The van der Waals surface area contributed by atoms with E-state index in [2.05, 4.69) is 15.6 Å². The van der Waals surface area contributed by atoms with Crippen LogP contribution in [0.2, 0.25) is 0 Å². The number of hydrogen-bond acceptors (Lipinski definition) is 7. The second-order valence-corrected chi connectivity index (χ2v) is 7.64. The van der Waals surface area contributed by atoms with Crippen molar-refractivity contribution in [3.63, 3.8) is 0 Å². The van der Waals surface area contributed by atoms with Crippen LogP contribution in [0.25, 0.3) is 5.57 Å². The Morgan fingerprint density at radius 3 is 2.64 bits per heavy atom. The summed E-state index contributed by atoms with van der Waals surface area (Å²) >= 11 is 0. The highest BCUT2D eigenvalue weighted by Crippen LogP contribution is 2.34. The number of aldehydes is 1. The van der Waals surface area contributed by atoms with Crippen LogP contribution in [0.3, 0.4) is 0 Å². The maximum Gasteiger partial charge on any atom is 0.246 e. The Labute approximate surface area is 191 Å². The lowest BCUT2D eigenvalue weighted by atomic mass is 10.0. The maximum atomic E-state index is 12.0. The number of amides is 2. The van der Waals surface area contributed by atoms with E-state index in [9.17, 15) is 19.5 Å². The molecule has 0 fully saturated rings. The number of nitrogens with zero attached hydrogens (tertiary/aromatic N) is 2. The molecule has 172 valence electrons. The molecule has 0 aliphatic carbocycles. The van der Waals surface area contributed by atoms with E-state index in [0.717, 1.165) is 11.1 Å². The Hall–Kier alpha value is -4.14. The van der Waals surface area contributed by atoms with E-state index in [1.54, 1.807) is 25.3 Å². The van der Waals surface area contributed by atoms with Crippen molar-refractivity contribution in [1.82, 2.24) is 10.2 Å². The molecule has 0 saturated heterocycles. The van der Waals surface area contributed by atoms with Gasteiger partial charge < -0.3 is 25.4 Å². The molecule has 3 N–H and O–H groups in total. The molecular formula is C24H26N4O5. The topological polar surface area (TPSA) is 120 Å². The summed E-state index contributed by atoms with van der Waals surface area (Å²) < 4.78 is 5.04. The average Bonchev–Trinajstić information content (AvgIpc) is 3.18. The molecule has 2 unspecified atom stereocenters. The Morgan fingerprint density at radius 2 is 2.00 bits per heavy atom. The monoisotopic (exact) mass is 450 g/mol. The molecule has 2 aromatic rings. The molecule has 3 rings (SSSR count). The maximum absolute atomic E-state index is 12.0. The molecule has 0 saturated carbocycles. The summed E-state index contributed by atoms with van der Waals surface area (Å²) in [5, 5.41) is 15.2. The second kappa shape index (κ2) is 10.4. The number of methoxy groups -OCH3 is 1. The van der Waals surface area contributed by atoms with Gasteiger partial charge >= 0.3 is 0 Å². The largest absolute Gasteiger partial charge is 0.504 e. The Balaban J connectivity index is 1.68. The summed E-state index contributed by atoms with van der Waals surface area (Å²) in [6, 6.07) is 9.64. The predicted octanol–water partition coefficient (Wildman–Crippen LogP) is 2.73. The summed E-state index contributed by atoms with van der Waals surface area (Å²) in [5.74, 6) is -0.172. The third kappa shape index (κ3) is 5.57. The van der Waals surface area contributed by atoms with Crippen molar-refractivity contribution in [3.05, 3.63) is 53.7 Å². The van der Waals surface area contributed by atoms with Gasteiger partial charge in [0, 0.05) is 36.8 Å². The second-order valence-electron chi connectivity index (χ2n) is 7.64. The third-order valence-corrected chi connectivity index (χ3v) is 5.39. The molecule has 1 heterocycles. The minimum atomic E-state index is -0.624. The van der Waals surface area contributed by atoms with Crippen LogP contribution in [0.5, 0.6) is 11.5 Å². The van der Waals surface area contributed by atoms with Gasteiger partial charge in [-0.2, -0.15) is 0 Å². The molecule has 0 radical (unpaired) electrons. The van der Waals surface area contributed by atoms with Crippen molar-refractivity contribution in [2.75, 3.05) is 19.5 Å². The van der Waals surface area contributed by atoms with Gasteiger partial charge in [-0.15, -0.1) is 0 Å². The number of aromatic hydroxyl groups is 1. The van der Waals surface area contributed by atoms with Crippen molar-refractivity contribution in [3.8, 4) is 11.5 Å². The number of phenolic OH excluding ortho intramolecular Hbond substituents is 1.